The monoisotopic (exact) mass is 698 g/mol. The Balaban J connectivity index is 1.16. The van der Waals surface area contributed by atoms with E-state index in [0.717, 1.165) is 41.5 Å². The van der Waals surface area contributed by atoms with E-state index in [2.05, 4.69) is 162 Å². The van der Waals surface area contributed by atoms with Crippen molar-refractivity contribution in [2.75, 3.05) is 10.2 Å². The minimum absolute atomic E-state index is 0.805. The molecule has 8 aromatic carbocycles. The summed E-state index contributed by atoms with van der Waals surface area (Å²) in [5.74, 6) is 1.79. The van der Waals surface area contributed by atoms with Gasteiger partial charge in [-0.1, -0.05) is 90.4 Å². The third-order valence-electron chi connectivity index (χ3n) is 10.8. The largest absolute Gasteiger partial charge is 0.453 e. The van der Waals surface area contributed by atoms with Crippen LogP contribution < -0.4 is 25.9 Å². The Hall–Kier alpha value is -6.08. The van der Waals surface area contributed by atoms with Gasteiger partial charge in [0, 0.05) is 52.6 Å². The van der Waals surface area contributed by atoms with Gasteiger partial charge < -0.3 is 15.0 Å². The molecule has 0 spiro atoms. The highest BCUT2D eigenvalue weighted by molar-refractivity contribution is 7.26. The normalized spacial score (nSPS) is 12.9. The Morgan fingerprint density at radius 3 is 2.12 bits per heavy atom. The summed E-state index contributed by atoms with van der Waals surface area (Å²) in [6.45, 7) is 0. The average Bonchev–Trinajstić information content (AvgIpc) is 3.75. The van der Waals surface area contributed by atoms with Gasteiger partial charge >= 0.3 is 0 Å². The second-order valence-electron chi connectivity index (χ2n) is 13.8. The van der Waals surface area contributed by atoms with Crippen molar-refractivity contribution < 1.29 is 4.74 Å². The summed E-state index contributed by atoms with van der Waals surface area (Å²) < 4.78 is 11.8. The maximum atomic E-state index is 6.56. The van der Waals surface area contributed by atoms with E-state index in [-0.39, 0.29) is 0 Å². The van der Waals surface area contributed by atoms with Crippen LogP contribution in [-0.4, -0.2) is 7.28 Å². The fraction of sp³-hybridized carbons (Fsp3) is 0. The minimum Gasteiger partial charge on any atom is -0.453 e. The molecule has 0 saturated carbocycles. The Morgan fingerprint density at radius 2 is 1.23 bits per heavy atom. The van der Waals surface area contributed by atoms with Gasteiger partial charge in [0.15, 0.2) is 18.8 Å². The Labute approximate surface area is 308 Å². The number of nitrogens with zero attached hydrogens (tertiary/aromatic N) is 1. The maximum Gasteiger partial charge on any atom is 0.198 e. The summed E-state index contributed by atoms with van der Waals surface area (Å²) in [4.78, 5) is 2.49. The number of benzene rings is 8. The van der Waals surface area contributed by atoms with Crippen molar-refractivity contribution in [1.29, 1.82) is 0 Å². The van der Waals surface area contributed by atoms with Gasteiger partial charge in [0.25, 0.3) is 0 Å². The minimum atomic E-state index is 0.805. The quantitative estimate of drug-likeness (QED) is 0.186. The second-order valence-corrected chi connectivity index (χ2v) is 15.9. The zero-order valence-electron chi connectivity index (χ0n) is 27.8. The lowest BCUT2D eigenvalue weighted by molar-refractivity contribution is 0.477. The molecule has 0 amide bonds. The van der Waals surface area contributed by atoms with E-state index in [1.165, 1.54) is 78.9 Å². The van der Waals surface area contributed by atoms with E-state index in [9.17, 15) is 0 Å². The second kappa shape index (κ2) is 10.7. The number of nitrogens with one attached hydrogen (secondary N) is 1. The van der Waals surface area contributed by atoms with Gasteiger partial charge in [-0.25, -0.2) is 0 Å². The van der Waals surface area contributed by atoms with Crippen molar-refractivity contribution >= 4 is 120 Å². The average molecular weight is 699 g/mol. The molecule has 10 aromatic rings. The zero-order valence-corrected chi connectivity index (χ0v) is 29.4. The van der Waals surface area contributed by atoms with Crippen LogP contribution in [0.15, 0.2) is 152 Å². The fourth-order valence-electron chi connectivity index (χ4n) is 8.50. The molecule has 3 nitrogen and oxygen atoms in total. The molecular formula is C46H27BN2OS2. The van der Waals surface area contributed by atoms with Crippen LogP contribution >= 0.6 is 22.7 Å². The van der Waals surface area contributed by atoms with Gasteiger partial charge in [-0.05, 0) is 88.5 Å². The smallest absolute Gasteiger partial charge is 0.198 e. The van der Waals surface area contributed by atoms with Crippen molar-refractivity contribution in [3.05, 3.63) is 152 Å². The number of ether oxygens (including phenoxy) is 1. The van der Waals surface area contributed by atoms with E-state index >= 15 is 0 Å². The molecule has 2 aliphatic heterocycles. The number of hydrogen-bond acceptors (Lipinski definition) is 5. The Morgan fingerprint density at radius 1 is 0.519 bits per heavy atom. The van der Waals surface area contributed by atoms with E-state index in [4.69, 9.17) is 4.74 Å². The summed E-state index contributed by atoms with van der Waals surface area (Å²) in [7, 11) is 0.805. The molecule has 12 rings (SSSR count). The van der Waals surface area contributed by atoms with E-state index in [0.29, 0.717) is 0 Å². The summed E-state index contributed by atoms with van der Waals surface area (Å²) in [5.41, 5.74) is 10.7. The molecule has 0 bridgehead atoms. The first kappa shape index (κ1) is 28.6. The molecule has 0 fully saturated rings. The molecule has 0 saturated heterocycles. The van der Waals surface area contributed by atoms with Crippen LogP contribution in [0.2, 0.25) is 0 Å². The van der Waals surface area contributed by atoms with Crippen LogP contribution in [0.5, 0.6) is 11.5 Å². The molecule has 1 N–H and O–H groups in total. The predicted molar refractivity (Wildman–Crippen MR) is 226 cm³/mol. The predicted octanol–water partition coefficient (Wildman–Crippen LogP) is 12.3. The molecule has 0 aliphatic carbocycles. The van der Waals surface area contributed by atoms with Crippen molar-refractivity contribution in [2.24, 2.45) is 0 Å². The number of thiophene rings is 2. The number of rotatable bonds is 3. The molecule has 0 radical (unpaired) electrons. The molecular weight excluding hydrogens is 671 g/mol. The van der Waals surface area contributed by atoms with Gasteiger partial charge in [-0.2, -0.15) is 0 Å². The third kappa shape index (κ3) is 4.08. The van der Waals surface area contributed by atoms with Gasteiger partial charge in [-0.3, -0.25) is 0 Å². The number of para-hydroxylation sites is 3. The molecule has 242 valence electrons. The molecule has 0 unspecified atom stereocenters. The zero-order chi connectivity index (χ0) is 33.9. The van der Waals surface area contributed by atoms with Crippen molar-refractivity contribution in [3.8, 4) is 22.6 Å². The lowest BCUT2D eigenvalue weighted by atomic mass is 9.58. The summed E-state index contributed by atoms with van der Waals surface area (Å²) in [6, 6.07) is 55.3. The summed E-state index contributed by atoms with van der Waals surface area (Å²) in [5, 5.41) is 11.5. The van der Waals surface area contributed by atoms with Gasteiger partial charge in [0.1, 0.15) is 0 Å². The molecule has 2 aromatic heterocycles. The Bertz CT molecular complexity index is 3140. The summed E-state index contributed by atoms with van der Waals surface area (Å²) >= 11 is 3.75. The van der Waals surface area contributed by atoms with Crippen molar-refractivity contribution in [2.45, 2.75) is 0 Å². The van der Waals surface area contributed by atoms with Crippen LogP contribution in [0.25, 0.3) is 62.2 Å². The number of hydrogen-bond donors (Lipinski definition) is 1. The molecule has 52 heavy (non-hydrogen) atoms. The topological polar surface area (TPSA) is 24.5 Å². The molecule has 2 aliphatic rings. The lowest BCUT2D eigenvalue weighted by Gasteiger charge is -2.39. The van der Waals surface area contributed by atoms with E-state index in [1.807, 2.05) is 22.7 Å². The maximum absolute atomic E-state index is 6.56. The van der Waals surface area contributed by atoms with Crippen LogP contribution in [-0.2, 0) is 0 Å². The SMILES string of the molecule is B1c2cccc3c2N(c2ccccc2O3)c2c1c(-c1cc3ccccc3cc1Nc1ccc3sc4ccccc4c3c1)cc1c2sc2ccccc21. The standard InChI is InChI=1S/C46H27BN2OS2/c1-2-11-27-23-36(48-28-20-21-42-32(24-28)29-12-3-7-18-40(29)51-42)31(22-26(27)10-1)33-25-34-30-13-4-8-19-41(30)52-46(34)45-43(33)47-35-14-9-17-39-44(35)49(45)37-15-5-6-16-38(37)50-39/h1-25,47-48H. The molecule has 6 heteroatoms. The lowest BCUT2D eigenvalue weighted by Crippen LogP contribution is -2.42. The van der Waals surface area contributed by atoms with Crippen LogP contribution in [0, 0.1) is 0 Å². The summed E-state index contributed by atoms with van der Waals surface area (Å²) in [6.07, 6.45) is 0. The Kier molecular flexibility index (Phi) is 5.90. The highest BCUT2D eigenvalue weighted by Crippen LogP contribution is 2.54. The van der Waals surface area contributed by atoms with Gasteiger partial charge in [-0.15, -0.1) is 22.7 Å². The van der Waals surface area contributed by atoms with Gasteiger partial charge in [0.05, 0.1) is 21.8 Å². The third-order valence-corrected chi connectivity index (χ3v) is 13.1. The highest BCUT2D eigenvalue weighted by atomic mass is 32.1. The highest BCUT2D eigenvalue weighted by Gasteiger charge is 2.36. The first-order valence-electron chi connectivity index (χ1n) is 17.6. The number of fused-ring (bicyclic) bond motifs is 12. The number of anilines is 5. The first-order valence-corrected chi connectivity index (χ1v) is 19.3. The van der Waals surface area contributed by atoms with Crippen LogP contribution in [0.3, 0.4) is 0 Å². The fourth-order valence-corrected chi connectivity index (χ4v) is 10.8. The molecule has 0 atom stereocenters. The van der Waals surface area contributed by atoms with Crippen molar-refractivity contribution in [3.63, 3.8) is 0 Å². The van der Waals surface area contributed by atoms with Crippen molar-refractivity contribution in [1.82, 2.24) is 0 Å². The molecule has 4 heterocycles. The first-order chi connectivity index (χ1) is 25.7. The van der Waals surface area contributed by atoms with Crippen LogP contribution in [0.4, 0.5) is 28.4 Å². The van der Waals surface area contributed by atoms with E-state index < -0.39 is 0 Å². The van der Waals surface area contributed by atoms with Gasteiger partial charge in [0.2, 0.25) is 0 Å². The van der Waals surface area contributed by atoms with Crippen LogP contribution in [0.1, 0.15) is 0 Å². The van der Waals surface area contributed by atoms with E-state index in [1.54, 1.807) is 0 Å².